The van der Waals surface area contributed by atoms with E-state index in [1.54, 1.807) is 160 Å². The van der Waals surface area contributed by atoms with Gasteiger partial charge in [-0.15, -0.1) is 0 Å². The molecule has 258 valence electrons. The summed E-state index contributed by atoms with van der Waals surface area (Å²) in [5, 5.41) is 19.8. The Morgan fingerprint density at radius 3 is 0.804 bits per heavy atom. The monoisotopic (exact) mass is 680 g/mol. The summed E-state index contributed by atoms with van der Waals surface area (Å²) in [5.41, 5.74) is 3.15. The van der Waals surface area contributed by atoms with E-state index >= 15 is 0 Å². The molecule has 0 bridgehead atoms. The van der Waals surface area contributed by atoms with Gasteiger partial charge in [-0.1, -0.05) is 182 Å². The third-order valence-corrected chi connectivity index (χ3v) is 7.12. The molecule has 0 aliphatic heterocycles. The minimum Gasteiger partial charge on any atom is -0.388 e. The van der Waals surface area contributed by atoms with Crippen molar-refractivity contribution in [2.45, 2.75) is 12.2 Å². The predicted molar refractivity (Wildman–Crippen MR) is 199 cm³/mol. The van der Waals surface area contributed by atoms with E-state index in [0.717, 1.165) is 0 Å². The number of hydrogen-bond donors (Lipinski definition) is 2. The van der Waals surface area contributed by atoms with Crippen molar-refractivity contribution in [1.82, 2.24) is 0 Å². The molecule has 0 aliphatic rings. The minimum atomic E-state index is -1.08. The summed E-state index contributed by atoms with van der Waals surface area (Å²) in [7, 11) is 3.25. The summed E-state index contributed by atoms with van der Waals surface area (Å²) in [6.45, 7) is 0. The van der Waals surface area contributed by atoms with Crippen LogP contribution in [-0.4, -0.2) is 47.6 Å². The van der Waals surface area contributed by atoms with Gasteiger partial charge in [0.2, 0.25) is 11.6 Å². The third kappa shape index (κ3) is 12.7. The van der Waals surface area contributed by atoms with Crippen LogP contribution >= 0.6 is 0 Å². The average molecular weight is 681 g/mol. The number of carbonyl (C=O) groups excluding carboxylic acids is 4. The molecule has 0 heterocycles. The number of aliphatic hydroxyl groups is 2. The lowest BCUT2D eigenvalue weighted by Gasteiger charge is -2.09. The predicted octanol–water partition coefficient (Wildman–Crippen LogP) is 8.22. The Morgan fingerprint density at radius 2 is 0.569 bits per heavy atom. The summed E-state index contributed by atoms with van der Waals surface area (Å²) >= 11 is 0. The highest BCUT2D eigenvalue weighted by atomic mass is 16.4. The molecule has 6 aromatic rings. The fourth-order valence-corrected chi connectivity index (χ4v) is 4.54. The molecule has 2 atom stereocenters. The number of rotatable bonds is 9. The fraction of sp³-hybridized carbons (Fsp3) is 0.0909. The first kappa shape index (κ1) is 39.3. The second-order valence-electron chi connectivity index (χ2n) is 10.9. The second kappa shape index (κ2) is 21.8. The topological polar surface area (TPSA) is 118 Å². The van der Waals surface area contributed by atoms with Gasteiger partial charge in [0, 0.05) is 36.5 Å². The molecule has 0 amide bonds. The average Bonchev–Trinajstić information content (AvgIpc) is 3.22. The van der Waals surface area contributed by atoms with E-state index in [-0.39, 0.29) is 11.6 Å². The van der Waals surface area contributed by atoms with Gasteiger partial charge < -0.3 is 14.9 Å². The first-order valence-electron chi connectivity index (χ1n) is 16.0. The van der Waals surface area contributed by atoms with E-state index in [1.807, 2.05) is 36.4 Å². The highest BCUT2D eigenvalue weighted by Gasteiger charge is 2.19. The van der Waals surface area contributed by atoms with Gasteiger partial charge in [0.05, 0.1) is 0 Å². The maximum Gasteiger partial charge on any atom is 0.233 e. The van der Waals surface area contributed by atoms with Crippen LogP contribution in [0.2, 0.25) is 0 Å². The Labute approximate surface area is 298 Å². The van der Waals surface area contributed by atoms with Crippen molar-refractivity contribution in [1.29, 1.82) is 0 Å². The summed E-state index contributed by atoms with van der Waals surface area (Å²) in [5.74, 6) is -1.47. The van der Waals surface area contributed by atoms with Crippen molar-refractivity contribution >= 4 is 23.1 Å². The SMILES string of the molecule is COC.O=C(C(=O)c1ccccc1)c1ccccc1.O=C(c1ccccc1)C(O)c1ccccc1.O=C(c1ccccc1)C(O)c1ccccc1. The van der Waals surface area contributed by atoms with E-state index in [2.05, 4.69) is 4.74 Å². The number of hydrogen-bond acceptors (Lipinski definition) is 7. The van der Waals surface area contributed by atoms with Crippen LogP contribution in [0, 0.1) is 0 Å². The molecule has 7 heteroatoms. The van der Waals surface area contributed by atoms with Gasteiger partial charge in [-0.05, 0) is 11.1 Å². The van der Waals surface area contributed by atoms with Gasteiger partial charge in [0.1, 0.15) is 12.2 Å². The van der Waals surface area contributed by atoms with E-state index in [0.29, 0.717) is 33.4 Å². The molecule has 2 N–H and O–H groups in total. The van der Waals surface area contributed by atoms with Crippen molar-refractivity contribution in [3.63, 3.8) is 0 Å². The molecule has 0 aromatic heterocycles. The third-order valence-electron chi connectivity index (χ3n) is 7.12. The number of aliphatic hydroxyl groups excluding tert-OH is 2. The van der Waals surface area contributed by atoms with Gasteiger partial charge in [0.15, 0.2) is 11.6 Å². The van der Waals surface area contributed by atoms with Gasteiger partial charge in [-0.2, -0.15) is 0 Å². The first-order valence-corrected chi connectivity index (χ1v) is 16.0. The Morgan fingerprint density at radius 1 is 0.373 bits per heavy atom. The van der Waals surface area contributed by atoms with Crippen LogP contribution < -0.4 is 0 Å². The highest BCUT2D eigenvalue weighted by Crippen LogP contribution is 2.19. The molecule has 51 heavy (non-hydrogen) atoms. The van der Waals surface area contributed by atoms with Gasteiger partial charge in [-0.3, -0.25) is 19.2 Å². The van der Waals surface area contributed by atoms with Crippen LogP contribution in [0.4, 0.5) is 0 Å². The smallest absolute Gasteiger partial charge is 0.233 e. The first-order chi connectivity index (χ1) is 24.8. The number of methoxy groups -OCH3 is 1. The molecule has 0 saturated carbocycles. The summed E-state index contributed by atoms with van der Waals surface area (Å²) < 4.78 is 4.25. The molecule has 6 rings (SSSR count). The fourth-order valence-electron chi connectivity index (χ4n) is 4.54. The van der Waals surface area contributed by atoms with Crippen molar-refractivity contribution in [2.75, 3.05) is 14.2 Å². The van der Waals surface area contributed by atoms with Crippen LogP contribution in [0.1, 0.15) is 64.8 Å². The standard InChI is InChI=1S/2C14H12O2.C14H10O2.C2H6O/c3*15-13(11-7-3-1-4-8-11)14(16)12-9-5-2-6-10-12;1-3-2/h2*1-10,13,15H;1-10H;1-2H3. The van der Waals surface area contributed by atoms with Gasteiger partial charge in [-0.25, -0.2) is 0 Å². The lowest BCUT2D eigenvalue weighted by atomic mass is 10.0. The van der Waals surface area contributed by atoms with Crippen LogP contribution in [0.5, 0.6) is 0 Å². The largest absolute Gasteiger partial charge is 0.388 e. The molecule has 7 nitrogen and oxygen atoms in total. The maximum absolute atomic E-state index is 11.9. The number of ether oxygens (including phenoxy) is 1. The van der Waals surface area contributed by atoms with E-state index in [1.165, 1.54) is 0 Å². The Kier molecular flexibility index (Phi) is 16.8. The lowest BCUT2D eigenvalue weighted by molar-refractivity contribution is 0.0743. The van der Waals surface area contributed by atoms with E-state index in [9.17, 15) is 29.4 Å². The Hall–Kier alpha value is -6.12. The summed E-state index contributed by atoms with van der Waals surface area (Å²) in [6, 6.07) is 52.6. The van der Waals surface area contributed by atoms with Crippen LogP contribution in [0.3, 0.4) is 0 Å². The molecule has 0 aliphatic carbocycles. The number of Topliss-reactive ketones (excluding diaryl/α,β-unsaturated/α-hetero) is 4. The maximum atomic E-state index is 11.9. The highest BCUT2D eigenvalue weighted by molar-refractivity contribution is 6.49. The van der Waals surface area contributed by atoms with Gasteiger partial charge >= 0.3 is 0 Å². The number of benzene rings is 6. The number of ketones is 4. The van der Waals surface area contributed by atoms with Crippen molar-refractivity contribution in [2.24, 2.45) is 0 Å². The van der Waals surface area contributed by atoms with Crippen molar-refractivity contribution < 1.29 is 34.1 Å². The molecule has 0 fully saturated rings. The second-order valence-corrected chi connectivity index (χ2v) is 10.9. The zero-order valence-corrected chi connectivity index (χ0v) is 28.4. The number of carbonyl (C=O) groups is 4. The minimum absolute atomic E-state index is 0.271. The van der Waals surface area contributed by atoms with Gasteiger partial charge in [0.25, 0.3) is 0 Å². The van der Waals surface area contributed by atoms with E-state index in [4.69, 9.17) is 0 Å². The molecule has 0 spiro atoms. The van der Waals surface area contributed by atoms with Crippen LogP contribution in [0.25, 0.3) is 0 Å². The summed E-state index contributed by atoms with van der Waals surface area (Å²) in [6.07, 6.45) is -2.16. The molecule has 0 saturated heterocycles. The Bertz CT molecular complexity index is 1760. The van der Waals surface area contributed by atoms with Crippen molar-refractivity contribution in [3.8, 4) is 0 Å². The molecule has 2 unspecified atom stereocenters. The quantitative estimate of drug-likeness (QED) is 0.117. The molecule has 6 aromatic carbocycles. The zero-order chi connectivity index (χ0) is 36.8. The van der Waals surface area contributed by atoms with E-state index < -0.39 is 23.8 Å². The molecule has 0 radical (unpaired) electrons. The molecular formula is C44H40O7. The lowest BCUT2D eigenvalue weighted by Crippen LogP contribution is -2.14. The summed E-state index contributed by atoms with van der Waals surface area (Å²) in [4.78, 5) is 47.4. The molecular weight excluding hydrogens is 640 g/mol. The Balaban J connectivity index is 0.000000199. The van der Waals surface area contributed by atoms with Crippen molar-refractivity contribution in [3.05, 3.63) is 215 Å². The van der Waals surface area contributed by atoms with Crippen LogP contribution in [0.15, 0.2) is 182 Å². The van der Waals surface area contributed by atoms with Crippen LogP contribution in [-0.2, 0) is 4.74 Å². The zero-order valence-electron chi connectivity index (χ0n) is 28.4. The normalized spacial score (nSPS) is 11.0.